The van der Waals surface area contributed by atoms with Crippen LogP contribution in [0.25, 0.3) is 0 Å². The first-order valence-corrected chi connectivity index (χ1v) is 8.58. The lowest BCUT2D eigenvalue weighted by Crippen LogP contribution is -2.30. The number of benzene rings is 1. The molecule has 21 heavy (non-hydrogen) atoms. The zero-order chi connectivity index (χ0) is 15.2. The van der Waals surface area contributed by atoms with Gasteiger partial charge in [-0.2, -0.15) is 0 Å². The van der Waals surface area contributed by atoms with Crippen molar-refractivity contribution >= 4 is 0 Å². The van der Waals surface area contributed by atoms with E-state index < -0.39 is 0 Å². The van der Waals surface area contributed by atoms with E-state index in [0.29, 0.717) is 11.8 Å². The van der Waals surface area contributed by atoms with Crippen molar-refractivity contribution < 1.29 is 4.74 Å². The second-order valence-corrected chi connectivity index (χ2v) is 6.86. The Bertz CT molecular complexity index is 407. The Morgan fingerprint density at radius 2 is 1.62 bits per heavy atom. The molecule has 1 N–H and O–H groups in total. The standard InChI is InChI=1S/C19H31NO/c1-14(2)17-10-7-11-18(15(3)4)19(17)21-13-12-20-16-8-5-6-9-16/h7,10-11,14-16,20H,5-6,8-9,12-13H2,1-4H3. The van der Waals surface area contributed by atoms with Crippen LogP contribution in [0.15, 0.2) is 18.2 Å². The maximum Gasteiger partial charge on any atom is 0.126 e. The molecule has 0 unspecified atom stereocenters. The van der Waals surface area contributed by atoms with Crippen LogP contribution in [0.4, 0.5) is 0 Å². The monoisotopic (exact) mass is 289 g/mol. The van der Waals surface area contributed by atoms with E-state index in [0.717, 1.165) is 24.9 Å². The fourth-order valence-corrected chi connectivity index (χ4v) is 3.20. The Balaban J connectivity index is 1.96. The number of hydrogen-bond acceptors (Lipinski definition) is 2. The average molecular weight is 289 g/mol. The van der Waals surface area contributed by atoms with Crippen molar-refractivity contribution in [3.63, 3.8) is 0 Å². The highest BCUT2D eigenvalue weighted by Gasteiger charge is 2.16. The quantitative estimate of drug-likeness (QED) is 0.725. The van der Waals surface area contributed by atoms with Crippen molar-refractivity contribution in [2.45, 2.75) is 71.3 Å². The summed E-state index contributed by atoms with van der Waals surface area (Å²) < 4.78 is 6.19. The van der Waals surface area contributed by atoms with Gasteiger partial charge in [0, 0.05) is 12.6 Å². The molecule has 0 aliphatic heterocycles. The number of para-hydroxylation sites is 1. The van der Waals surface area contributed by atoms with Crippen LogP contribution in [0.5, 0.6) is 5.75 Å². The topological polar surface area (TPSA) is 21.3 Å². The van der Waals surface area contributed by atoms with E-state index in [1.807, 2.05) is 0 Å². The molecule has 1 aliphatic rings. The predicted octanol–water partition coefficient (Wildman–Crippen LogP) is 4.84. The first-order valence-electron chi connectivity index (χ1n) is 8.58. The predicted molar refractivity (Wildman–Crippen MR) is 90.4 cm³/mol. The zero-order valence-electron chi connectivity index (χ0n) is 14.1. The lowest BCUT2D eigenvalue weighted by atomic mass is 9.94. The molecule has 1 aromatic carbocycles. The third-order valence-electron chi connectivity index (χ3n) is 4.46. The van der Waals surface area contributed by atoms with Gasteiger partial charge in [-0.05, 0) is 35.8 Å². The number of nitrogens with one attached hydrogen (secondary N) is 1. The van der Waals surface area contributed by atoms with Gasteiger partial charge in [-0.1, -0.05) is 58.7 Å². The summed E-state index contributed by atoms with van der Waals surface area (Å²) in [6, 6.07) is 7.29. The van der Waals surface area contributed by atoms with Crippen molar-refractivity contribution in [2.24, 2.45) is 0 Å². The van der Waals surface area contributed by atoms with Crippen LogP contribution < -0.4 is 10.1 Å². The van der Waals surface area contributed by atoms with Crippen LogP contribution >= 0.6 is 0 Å². The van der Waals surface area contributed by atoms with Gasteiger partial charge in [0.05, 0.1) is 0 Å². The van der Waals surface area contributed by atoms with E-state index in [-0.39, 0.29) is 0 Å². The molecule has 0 amide bonds. The number of ether oxygens (including phenoxy) is 1. The van der Waals surface area contributed by atoms with Gasteiger partial charge in [-0.3, -0.25) is 0 Å². The van der Waals surface area contributed by atoms with Crippen LogP contribution in [0.3, 0.4) is 0 Å². The summed E-state index contributed by atoms with van der Waals surface area (Å²) >= 11 is 0. The smallest absolute Gasteiger partial charge is 0.126 e. The van der Waals surface area contributed by atoms with Crippen molar-refractivity contribution in [3.8, 4) is 5.75 Å². The van der Waals surface area contributed by atoms with Gasteiger partial charge in [0.25, 0.3) is 0 Å². The Kier molecular flexibility index (Phi) is 6.10. The summed E-state index contributed by atoms with van der Waals surface area (Å²) in [5.74, 6) is 2.12. The second-order valence-electron chi connectivity index (χ2n) is 6.86. The van der Waals surface area contributed by atoms with Crippen molar-refractivity contribution in [3.05, 3.63) is 29.3 Å². The van der Waals surface area contributed by atoms with Gasteiger partial charge in [0.2, 0.25) is 0 Å². The third kappa shape index (κ3) is 4.47. The highest BCUT2D eigenvalue weighted by Crippen LogP contribution is 2.34. The van der Waals surface area contributed by atoms with Gasteiger partial charge >= 0.3 is 0 Å². The molecule has 0 heterocycles. The SMILES string of the molecule is CC(C)c1cccc(C(C)C)c1OCCNC1CCCC1. The summed E-state index contributed by atoms with van der Waals surface area (Å²) in [6.45, 7) is 10.7. The Labute approximate surface area is 130 Å². The Hall–Kier alpha value is -1.02. The van der Waals surface area contributed by atoms with Crippen LogP contribution in [-0.4, -0.2) is 19.2 Å². The summed E-state index contributed by atoms with van der Waals surface area (Å²) in [5.41, 5.74) is 2.67. The Morgan fingerprint density at radius 1 is 1.05 bits per heavy atom. The largest absolute Gasteiger partial charge is 0.492 e. The van der Waals surface area contributed by atoms with Crippen LogP contribution in [-0.2, 0) is 0 Å². The maximum atomic E-state index is 6.19. The zero-order valence-corrected chi connectivity index (χ0v) is 14.1. The molecule has 2 nitrogen and oxygen atoms in total. The molecule has 2 heteroatoms. The highest BCUT2D eigenvalue weighted by atomic mass is 16.5. The molecular weight excluding hydrogens is 258 g/mol. The Morgan fingerprint density at radius 3 is 2.14 bits per heavy atom. The molecule has 118 valence electrons. The molecule has 1 saturated carbocycles. The average Bonchev–Trinajstić information content (AvgIpc) is 2.96. The van der Waals surface area contributed by atoms with Crippen molar-refractivity contribution in [1.82, 2.24) is 5.32 Å². The van der Waals surface area contributed by atoms with E-state index in [2.05, 4.69) is 51.2 Å². The minimum atomic E-state index is 0.501. The van der Waals surface area contributed by atoms with Gasteiger partial charge in [0.1, 0.15) is 12.4 Å². The van der Waals surface area contributed by atoms with Gasteiger partial charge in [0.15, 0.2) is 0 Å². The molecular formula is C19H31NO. The molecule has 0 saturated heterocycles. The lowest BCUT2D eigenvalue weighted by Gasteiger charge is -2.20. The molecule has 0 spiro atoms. The van der Waals surface area contributed by atoms with Crippen molar-refractivity contribution in [1.29, 1.82) is 0 Å². The third-order valence-corrected chi connectivity index (χ3v) is 4.46. The molecule has 2 rings (SSSR count). The summed E-state index contributed by atoms with van der Waals surface area (Å²) in [7, 11) is 0. The highest BCUT2D eigenvalue weighted by molar-refractivity contribution is 5.44. The first kappa shape index (κ1) is 16.4. The van der Waals surface area contributed by atoms with E-state index in [9.17, 15) is 0 Å². The molecule has 0 atom stereocenters. The van der Waals surface area contributed by atoms with Gasteiger partial charge < -0.3 is 10.1 Å². The molecule has 1 aliphatic carbocycles. The van der Waals surface area contributed by atoms with E-state index in [4.69, 9.17) is 4.74 Å². The number of rotatable bonds is 7. The second kappa shape index (κ2) is 7.84. The maximum absolute atomic E-state index is 6.19. The molecule has 0 radical (unpaired) electrons. The van der Waals surface area contributed by atoms with Gasteiger partial charge in [-0.25, -0.2) is 0 Å². The van der Waals surface area contributed by atoms with E-state index in [1.165, 1.54) is 36.8 Å². The molecule has 0 bridgehead atoms. The van der Waals surface area contributed by atoms with Gasteiger partial charge in [-0.15, -0.1) is 0 Å². The van der Waals surface area contributed by atoms with Crippen molar-refractivity contribution in [2.75, 3.05) is 13.2 Å². The fourth-order valence-electron chi connectivity index (χ4n) is 3.20. The van der Waals surface area contributed by atoms with Crippen LogP contribution in [0, 0.1) is 0 Å². The molecule has 1 fully saturated rings. The van der Waals surface area contributed by atoms with Crippen LogP contribution in [0.2, 0.25) is 0 Å². The minimum absolute atomic E-state index is 0.501. The first-order chi connectivity index (χ1) is 10.1. The normalized spacial score (nSPS) is 16.1. The van der Waals surface area contributed by atoms with E-state index in [1.54, 1.807) is 0 Å². The minimum Gasteiger partial charge on any atom is -0.492 e. The summed E-state index contributed by atoms with van der Waals surface area (Å²) in [6.07, 6.45) is 5.43. The number of hydrogen-bond donors (Lipinski definition) is 1. The molecule has 0 aromatic heterocycles. The molecule has 1 aromatic rings. The van der Waals surface area contributed by atoms with E-state index >= 15 is 0 Å². The summed E-state index contributed by atoms with van der Waals surface area (Å²) in [5, 5.41) is 3.62. The van der Waals surface area contributed by atoms with Crippen LogP contribution in [0.1, 0.15) is 76.3 Å². The fraction of sp³-hybridized carbons (Fsp3) is 0.684. The summed E-state index contributed by atoms with van der Waals surface area (Å²) in [4.78, 5) is 0. The lowest BCUT2D eigenvalue weighted by molar-refractivity contribution is 0.297.